The molecule has 2 aliphatic rings. The average molecular weight is 255 g/mol. The minimum Gasteiger partial charge on any atom is -0.480 e. The molecule has 7 heteroatoms. The van der Waals surface area contributed by atoms with E-state index < -0.39 is 30.0 Å². The van der Waals surface area contributed by atoms with Crippen LogP contribution < -0.4 is 11.1 Å². The van der Waals surface area contributed by atoms with Gasteiger partial charge in [-0.25, -0.2) is 9.59 Å². The van der Waals surface area contributed by atoms with E-state index in [1.807, 2.05) is 0 Å². The number of carbonyl (C=O) groups excluding carboxylic acids is 2. The Bertz CT molecular complexity index is 380. The van der Waals surface area contributed by atoms with E-state index in [4.69, 9.17) is 10.8 Å². The lowest BCUT2D eigenvalue weighted by atomic mass is 10.2. The Labute approximate surface area is 104 Å². The quantitative estimate of drug-likeness (QED) is 0.629. The van der Waals surface area contributed by atoms with Crippen molar-refractivity contribution in [2.75, 3.05) is 6.54 Å². The van der Waals surface area contributed by atoms with Crippen molar-refractivity contribution in [2.45, 2.75) is 37.8 Å². The van der Waals surface area contributed by atoms with Crippen LogP contribution in [0.5, 0.6) is 0 Å². The van der Waals surface area contributed by atoms with Gasteiger partial charge < -0.3 is 21.1 Å². The zero-order valence-electron chi connectivity index (χ0n) is 9.96. The van der Waals surface area contributed by atoms with Gasteiger partial charge in [0, 0.05) is 6.54 Å². The van der Waals surface area contributed by atoms with Crippen molar-refractivity contribution in [1.29, 1.82) is 0 Å². The van der Waals surface area contributed by atoms with Gasteiger partial charge in [-0.1, -0.05) is 0 Å². The first kappa shape index (κ1) is 12.7. The summed E-state index contributed by atoms with van der Waals surface area (Å²) in [4.78, 5) is 35.5. The van der Waals surface area contributed by atoms with Crippen molar-refractivity contribution in [2.24, 2.45) is 11.7 Å². The number of nitrogens with zero attached hydrogens (tertiary/aromatic N) is 1. The van der Waals surface area contributed by atoms with E-state index >= 15 is 0 Å². The maximum atomic E-state index is 12.0. The molecule has 1 aliphatic carbocycles. The van der Waals surface area contributed by atoms with Gasteiger partial charge in [0.05, 0.1) is 0 Å². The predicted octanol–water partition coefficient (Wildman–Crippen LogP) is -0.491. The molecule has 1 aliphatic heterocycles. The number of aliphatic carboxylic acids is 1. The first-order valence-electron chi connectivity index (χ1n) is 6.10. The predicted molar refractivity (Wildman–Crippen MR) is 61.6 cm³/mol. The number of carboxylic acid groups (broad SMARTS) is 1. The van der Waals surface area contributed by atoms with Gasteiger partial charge in [-0.3, -0.25) is 4.79 Å². The molecule has 2 rings (SSSR count). The highest BCUT2D eigenvalue weighted by atomic mass is 16.4. The molecule has 1 saturated heterocycles. The number of nitrogens with one attached hydrogen (secondary N) is 1. The van der Waals surface area contributed by atoms with Gasteiger partial charge in [0.25, 0.3) is 0 Å². The van der Waals surface area contributed by atoms with Crippen molar-refractivity contribution in [3.05, 3.63) is 0 Å². The number of primary amides is 1. The van der Waals surface area contributed by atoms with Crippen LogP contribution in [-0.4, -0.2) is 46.5 Å². The van der Waals surface area contributed by atoms with E-state index in [1.54, 1.807) is 0 Å². The zero-order valence-corrected chi connectivity index (χ0v) is 9.96. The van der Waals surface area contributed by atoms with Crippen molar-refractivity contribution >= 4 is 17.9 Å². The van der Waals surface area contributed by atoms with Crippen LogP contribution in [-0.2, 0) is 9.59 Å². The van der Waals surface area contributed by atoms with E-state index in [0.717, 1.165) is 12.8 Å². The summed E-state index contributed by atoms with van der Waals surface area (Å²) in [5, 5.41) is 11.5. The molecule has 0 bridgehead atoms. The van der Waals surface area contributed by atoms with Gasteiger partial charge in [0.2, 0.25) is 5.91 Å². The Balaban J connectivity index is 1.98. The molecule has 4 N–H and O–H groups in total. The molecule has 18 heavy (non-hydrogen) atoms. The van der Waals surface area contributed by atoms with E-state index in [9.17, 15) is 14.4 Å². The second-order valence-corrected chi connectivity index (χ2v) is 4.86. The summed E-state index contributed by atoms with van der Waals surface area (Å²) in [5.41, 5.74) is 5.21. The van der Waals surface area contributed by atoms with Crippen LogP contribution in [0.4, 0.5) is 4.79 Å². The lowest BCUT2D eigenvalue weighted by Gasteiger charge is -2.24. The van der Waals surface area contributed by atoms with Crippen molar-refractivity contribution in [3.8, 4) is 0 Å². The first-order chi connectivity index (χ1) is 8.50. The number of hydrogen-bond acceptors (Lipinski definition) is 3. The highest BCUT2D eigenvalue weighted by molar-refractivity contribution is 5.88. The van der Waals surface area contributed by atoms with Gasteiger partial charge >= 0.3 is 12.0 Å². The molecule has 0 spiro atoms. The van der Waals surface area contributed by atoms with E-state index in [0.29, 0.717) is 19.4 Å². The van der Waals surface area contributed by atoms with Crippen LogP contribution in [0.15, 0.2) is 0 Å². The van der Waals surface area contributed by atoms with E-state index in [1.165, 1.54) is 4.90 Å². The van der Waals surface area contributed by atoms with Crippen molar-refractivity contribution in [1.82, 2.24) is 10.2 Å². The van der Waals surface area contributed by atoms with Crippen LogP contribution in [0.3, 0.4) is 0 Å². The minimum absolute atomic E-state index is 0.0149. The summed E-state index contributed by atoms with van der Waals surface area (Å²) in [5.74, 6) is -1.55. The van der Waals surface area contributed by atoms with Crippen LogP contribution in [0, 0.1) is 5.92 Å². The van der Waals surface area contributed by atoms with Crippen LogP contribution in [0.2, 0.25) is 0 Å². The molecule has 3 amide bonds. The Morgan fingerprint density at radius 3 is 2.44 bits per heavy atom. The van der Waals surface area contributed by atoms with Gasteiger partial charge in [-0.05, 0) is 31.6 Å². The van der Waals surface area contributed by atoms with Crippen molar-refractivity contribution < 1.29 is 19.5 Å². The first-order valence-corrected chi connectivity index (χ1v) is 6.10. The molecule has 0 radical (unpaired) electrons. The minimum atomic E-state index is -1.03. The summed E-state index contributed by atoms with van der Waals surface area (Å²) in [6.07, 6.45) is 2.89. The number of likely N-dealkylation sites (tertiary alicyclic amines) is 1. The SMILES string of the molecule is NC(=O)C1CCCN1C(=O)NC(C(=O)O)C1CC1. The molecule has 100 valence electrons. The third kappa shape index (κ3) is 2.55. The highest BCUT2D eigenvalue weighted by Gasteiger charge is 2.40. The van der Waals surface area contributed by atoms with E-state index in [2.05, 4.69) is 5.32 Å². The van der Waals surface area contributed by atoms with Crippen molar-refractivity contribution in [3.63, 3.8) is 0 Å². The summed E-state index contributed by atoms with van der Waals surface area (Å²) in [6, 6.07) is -1.97. The second kappa shape index (κ2) is 4.83. The Kier molecular flexibility index (Phi) is 3.40. The lowest BCUT2D eigenvalue weighted by Crippen LogP contribution is -2.52. The molecular weight excluding hydrogens is 238 g/mol. The fourth-order valence-corrected chi connectivity index (χ4v) is 2.33. The Hall–Kier alpha value is -1.79. The number of rotatable bonds is 4. The molecule has 1 saturated carbocycles. The normalized spacial score (nSPS) is 24.7. The van der Waals surface area contributed by atoms with E-state index in [-0.39, 0.29) is 5.92 Å². The molecular formula is C11H17N3O4. The van der Waals surface area contributed by atoms with Gasteiger partial charge in [0.1, 0.15) is 12.1 Å². The number of urea groups is 1. The molecule has 0 aromatic heterocycles. The highest BCUT2D eigenvalue weighted by Crippen LogP contribution is 2.33. The maximum absolute atomic E-state index is 12.0. The summed E-state index contributed by atoms with van der Waals surface area (Å²) >= 11 is 0. The molecule has 2 unspecified atom stereocenters. The molecule has 0 aromatic carbocycles. The number of nitrogens with two attached hydrogens (primary N) is 1. The second-order valence-electron chi connectivity index (χ2n) is 4.86. The number of hydrogen-bond donors (Lipinski definition) is 3. The number of carboxylic acids is 1. The monoisotopic (exact) mass is 255 g/mol. The molecule has 2 fully saturated rings. The number of carbonyl (C=O) groups is 3. The molecule has 0 aromatic rings. The van der Waals surface area contributed by atoms with Gasteiger partial charge in [-0.2, -0.15) is 0 Å². The van der Waals surface area contributed by atoms with Crippen LogP contribution in [0.1, 0.15) is 25.7 Å². The third-order valence-electron chi connectivity index (χ3n) is 3.48. The topological polar surface area (TPSA) is 113 Å². The standard InChI is InChI=1S/C11H17N3O4/c12-9(15)7-2-1-5-14(7)11(18)13-8(10(16)17)6-3-4-6/h6-8H,1-5H2,(H2,12,15)(H,13,18)(H,16,17). The molecule has 1 heterocycles. The number of amides is 3. The Morgan fingerprint density at radius 2 is 1.94 bits per heavy atom. The van der Waals surface area contributed by atoms with Crippen LogP contribution in [0.25, 0.3) is 0 Å². The molecule has 7 nitrogen and oxygen atoms in total. The zero-order chi connectivity index (χ0) is 13.3. The smallest absolute Gasteiger partial charge is 0.326 e. The van der Waals surface area contributed by atoms with Crippen LogP contribution >= 0.6 is 0 Å². The fourth-order valence-electron chi connectivity index (χ4n) is 2.33. The average Bonchev–Trinajstić information content (AvgIpc) is 3.00. The third-order valence-corrected chi connectivity index (χ3v) is 3.48. The fraction of sp³-hybridized carbons (Fsp3) is 0.727. The lowest BCUT2D eigenvalue weighted by molar-refractivity contribution is -0.139. The maximum Gasteiger partial charge on any atom is 0.326 e. The summed E-state index contributed by atoms with van der Waals surface area (Å²) < 4.78 is 0. The summed E-state index contributed by atoms with van der Waals surface area (Å²) in [6.45, 7) is 0.441. The Morgan fingerprint density at radius 1 is 1.28 bits per heavy atom. The summed E-state index contributed by atoms with van der Waals surface area (Å²) in [7, 11) is 0. The van der Waals surface area contributed by atoms with Gasteiger partial charge in [-0.15, -0.1) is 0 Å². The largest absolute Gasteiger partial charge is 0.480 e. The van der Waals surface area contributed by atoms with Gasteiger partial charge in [0.15, 0.2) is 0 Å². The molecule has 2 atom stereocenters.